The van der Waals surface area contributed by atoms with Crippen LogP contribution in [-0.4, -0.2) is 29.9 Å². The maximum atomic E-state index is 13.6. The molecule has 1 fully saturated rings. The number of carbonyl (C=O) groups excluding carboxylic acids is 1. The predicted molar refractivity (Wildman–Crippen MR) is 68.7 cm³/mol. The molecule has 1 aromatic rings. The molecule has 1 amide bonds. The van der Waals surface area contributed by atoms with Crippen molar-refractivity contribution in [1.82, 2.24) is 4.90 Å². The first-order chi connectivity index (χ1) is 9.00. The molecule has 2 N–H and O–H groups in total. The minimum Gasteiger partial charge on any atom is -0.339 e. The van der Waals surface area contributed by atoms with Crippen LogP contribution in [0.25, 0.3) is 0 Å². The van der Waals surface area contributed by atoms with Crippen LogP contribution in [0.2, 0.25) is 0 Å². The zero-order chi connectivity index (χ0) is 14.0. The summed E-state index contributed by atoms with van der Waals surface area (Å²) in [5, 5.41) is 0. The van der Waals surface area contributed by atoms with Crippen LogP contribution < -0.4 is 5.73 Å². The van der Waals surface area contributed by atoms with Gasteiger partial charge in [0.1, 0.15) is 0 Å². The molecule has 0 aliphatic heterocycles. The lowest BCUT2D eigenvalue weighted by Gasteiger charge is -2.33. The maximum Gasteiger partial charge on any atom is 0.256 e. The molecule has 1 aliphatic carbocycles. The fourth-order valence-corrected chi connectivity index (χ4v) is 2.51. The summed E-state index contributed by atoms with van der Waals surface area (Å²) in [7, 11) is 1.63. The van der Waals surface area contributed by atoms with E-state index in [0.29, 0.717) is 0 Å². The van der Waals surface area contributed by atoms with Gasteiger partial charge in [0.05, 0.1) is 5.56 Å². The Kier molecular flexibility index (Phi) is 4.14. The Morgan fingerprint density at radius 1 is 1.26 bits per heavy atom. The zero-order valence-corrected chi connectivity index (χ0v) is 10.9. The Morgan fingerprint density at radius 2 is 1.89 bits per heavy atom. The van der Waals surface area contributed by atoms with Gasteiger partial charge in [0.15, 0.2) is 11.6 Å². The van der Waals surface area contributed by atoms with Gasteiger partial charge in [-0.25, -0.2) is 8.78 Å². The molecule has 0 radical (unpaired) electrons. The molecule has 1 aromatic carbocycles. The normalized spacial score (nSPS) is 23.2. The average molecular weight is 268 g/mol. The lowest BCUT2D eigenvalue weighted by atomic mass is 9.90. The number of halogens is 2. The van der Waals surface area contributed by atoms with Gasteiger partial charge in [-0.3, -0.25) is 4.79 Å². The summed E-state index contributed by atoms with van der Waals surface area (Å²) in [6.07, 6.45) is 3.32. The van der Waals surface area contributed by atoms with Gasteiger partial charge in [-0.05, 0) is 37.8 Å². The summed E-state index contributed by atoms with van der Waals surface area (Å²) >= 11 is 0. The van der Waals surface area contributed by atoms with Crippen LogP contribution in [0, 0.1) is 11.6 Å². The summed E-state index contributed by atoms with van der Waals surface area (Å²) < 4.78 is 26.7. The average Bonchev–Trinajstić information content (AvgIpc) is 2.41. The minimum atomic E-state index is -1.08. The minimum absolute atomic E-state index is 0.0509. The van der Waals surface area contributed by atoms with E-state index in [1.807, 2.05) is 0 Å². The fourth-order valence-electron chi connectivity index (χ4n) is 2.51. The molecule has 1 saturated carbocycles. The molecule has 104 valence electrons. The third kappa shape index (κ3) is 2.92. The topological polar surface area (TPSA) is 46.3 Å². The van der Waals surface area contributed by atoms with Crippen LogP contribution in [-0.2, 0) is 0 Å². The van der Waals surface area contributed by atoms with Gasteiger partial charge in [-0.15, -0.1) is 0 Å². The predicted octanol–water partition coefficient (Wildman–Crippen LogP) is 2.31. The second-order valence-corrected chi connectivity index (χ2v) is 5.09. The van der Waals surface area contributed by atoms with Gasteiger partial charge in [0.2, 0.25) is 0 Å². The Bertz CT molecular complexity index is 471. The molecule has 0 atom stereocenters. The van der Waals surface area contributed by atoms with Crippen LogP contribution in [0.4, 0.5) is 8.78 Å². The fraction of sp³-hybridized carbons (Fsp3) is 0.500. The van der Waals surface area contributed by atoms with Gasteiger partial charge >= 0.3 is 0 Å². The molecule has 0 heterocycles. The highest BCUT2D eigenvalue weighted by Gasteiger charge is 2.27. The summed E-state index contributed by atoms with van der Waals surface area (Å²) in [6.45, 7) is 0. The Morgan fingerprint density at radius 3 is 2.53 bits per heavy atom. The Hall–Kier alpha value is -1.49. The molecule has 0 spiro atoms. The van der Waals surface area contributed by atoms with Crippen molar-refractivity contribution in [3.63, 3.8) is 0 Å². The van der Waals surface area contributed by atoms with E-state index in [9.17, 15) is 13.6 Å². The highest BCUT2D eigenvalue weighted by atomic mass is 19.2. The molecule has 0 unspecified atom stereocenters. The first kappa shape index (κ1) is 13.9. The first-order valence-electron chi connectivity index (χ1n) is 6.47. The van der Waals surface area contributed by atoms with Crippen LogP contribution in [0.3, 0.4) is 0 Å². The van der Waals surface area contributed by atoms with Gasteiger partial charge in [0.25, 0.3) is 5.91 Å². The van der Waals surface area contributed by atoms with E-state index >= 15 is 0 Å². The van der Waals surface area contributed by atoms with Crippen LogP contribution >= 0.6 is 0 Å². The van der Waals surface area contributed by atoms with Gasteiger partial charge in [-0.2, -0.15) is 0 Å². The highest BCUT2D eigenvalue weighted by molar-refractivity contribution is 5.94. The van der Waals surface area contributed by atoms with Crippen molar-refractivity contribution in [3.8, 4) is 0 Å². The molecule has 5 heteroatoms. The molecule has 0 saturated heterocycles. The molecule has 2 rings (SSSR count). The SMILES string of the molecule is CN(C(=O)c1cccc(F)c1F)C1CCC(N)CC1. The monoisotopic (exact) mass is 268 g/mol. The molecule has 0 aromatic heterocycles. The number of nitrogens with zero attached hydrogens (tertiary/aromatic N) is 1. The number of rotatable bonds is 2. The largest absolute Gasteiger partial charge is 0.339 e. The van der Waals surface area contributed by atoms with Crippen LogP contribution in [0.15, 0.2) is 18.2 Å². The van der Waals surface area contributed by atoms with Crippen molar-refractivity contribution in [2.75, 3.05) is 7.05 Å². The van der Waals surface area contributed by atoms with E-state index in [1.165, 1.54) is 17.0 Å². The maximum absolute atomic E-state index is 13.6. The first-order valence-corrected chi connectivity index (χ1v) is 6.47. The van der Waals surface area contributed by atoms with Crippen molar-refractivity contribution in [2.24, 2.45) is 5.73 Å². The number of hydrogen-bond acceptors (Lipinski definition) is 2. The summed E-state index contributed by atoms with van der Waals surface area (Å²) in [4.78, 5) is 13.7. The van der Waals surface area contributed by atoms with E-state index < -0.39 is 17.5 Å². The van der Waals surface area contributed by atoms with E-state index in [0.717, 1.165) is 31.7 Å². The lowest BCUT2D eigenvalue weighted by molar-refractivity contribution is 0.0684. The molecule has 0 bridgehead atoms. The summed E-state index contributed by atoms with van der Waals surface area (Å²) in [6, 6.07) is 3.90. The van der Waals surface area contributed by atoms with E-state index in [-0.39, 0.29) is 17.6 Å². The van der Waals surface area contributed by atoms with E-state index in [4.69, 9.17) is 5.73 Å². The van der Waals surface area contributed by atoms with Crippen LogP contribution in [0.5, 0.6) is 0 Å². The Labute approximate surface area is 111 Å². The second-order valence-electron chi connectivity index (χ2n) is 5.09. The highest BCUT2D eigenvalue weighted by Crippen LogP contribution is 2.23. The number of benzene rings is 1. The molecular formula is C14H18F2N2O. The smallest absolute Gasteiger partial charge is 0.256 e. The summed E-state index contributed by atoms with van der Waals surface area (Å²) in [5.41, 5.74) is 5.60. The quantitative estimate of drug-likeness (QED) is 0.894. The summed E-state index contributed by atoms with van der Waals surface area (Å²) in [5.74, 6) is -2.55. The molecule has 3 nitrogen and oxygen atoms in total. The van der Waals surface area contributed by atoms with Gasteiger partial charge in [-0.1, -0.05) is 6.07 Å². The van der Waals surface area contributed by atoms with Crippen molar-refractivity contribution in [3.05, 3.63) is 35.4 Å². The van der Waals surface area contributed by atoms with E-state index in [1.54, 1.807) is 7.05 Å². The zero-order valence-electron chi connectivity index (χ0n) is 10.9. The Balaban J connectivity index is 2.13. The van der Waals surface area contributed by atoms with Crippen molar-refractivity contribution >= 4 is 5.91 Å². The molecule has 1 aliphatic rings. The number of nitrogens with two attached hydrogens (primary N) is 1. The van der Waals surface area contributed by atoms with Crippen molar-refractivity contribution in [2.45, 2.75) is 37.8 Å². The molecular weight excluding hydrogens is 250 g/mol. The van der Waals surface area contributed by atoms with Crippen molar-refractivity contribution in [1.29, 1.82) is 0 Å². The lowest BCUT2D eigenvalue weighted by Crippen LogP contribution is -2.42. The molecule has 19 heavy (non-hydrogen) atoms. The third-order valence-corrected chi connectivity index (χ3v) is 3.79. The number of carbonyl (C=O) groups is 1. The standard InChI is InChI=1S/C14H18F2N2O/c1-18(10-7-5-9(17)6-8-10)14(19)11-3-2-4-12(15)13(11)16/h2-4,9-10H,5-8,17H2,1H3. The van der Waals surface area contributed by atoms with Crippen LogP contribution in [0.1, 0.15) is 36.0 Å². The second kappa shape index (κ2) is 5.65. The number of hydrogen-bond donors (Lipinski definition) is 1. The third-order valence-electron chi connectivity index (χ3n) is 3.79. The van der Waals surface area contributed by atoms with Gasteiger partial charge in [0, 0.05) is 19.1 Å². The van der Waals surface area contributed by atoms with Crippen molar-refractivity contribution < 1.29 is 13.6 Å². The number of amides is 1. The van der Waals surface area contributed by atoms with Gasteiger partial charge < -0.3 is 10.6 Å². The van der Waals surface area contributed by atoms with E-state index in [2.05, 4.69) is 0 Å².